The molecule has 0 aliphatic carbocycles. The third-order valence-corrected chi connectivity index (χ3v) is 6.71. The van der Waals surface area contributed by atoms with Gasteiger partial charge in [-0.1, -0.05) is 54.6 Å². The van der Waals surface area contributed by atoms with Gasteiger partial charge >= 0.3 is 0 Å². The zero-order valence-corrected chi connectivity index (χ0v) is 24.5. The van der Waals surface area contributed by atoms with Crippen molar-refractivity contribution in [1.82, 2.24) is 16.0 Å². The molecule has 3 atom stereocenters. The van der Waals surface area contributed by atoms with Crippen molar-refractivity contribution in [2.24, 2.45) is 33.7 Å². The topological polar surface area (TPSA) is 247 Å². The average Bonchev–Trinajstić information content (AvgIpc) is 2.98. The van der Waals surface area contributed by atoms with Crippen LogP contribution in [0.25, 0.3) is 0 Å². The van der Waals surface area contributed by atoms with Crippen molar-refractivity contribution >= 4 is 29.6 Å². The van der Waals surface area contributed by atoms with Crippen molar-refractivity contribution in [1.29, 1.82) is 0 Å². The molecule has 0 aliphatic rings. The first kappa shape index (κ1) is 34.7. The first-order valence-corrected chi connectivity index (χ1v) is 14.4. The number of benzene rings is 2. The minimum absolute atomic E-state index is 0.0774. The Morgan fingerprint density at radius 3 is 1.98 bits per heavy atom. The van der Waals surface area contributed by atoms with Gasteiger partial charge in [0, 0.05) is 19.5 Å². The van der Waals surface area contributed by atoms with Crippen LogP contribution in [0.4, 0.5) is 0 Å². The van der Waals surface area contributed by atoms with E-state index >= 15 is 0 Å². The van der Waals surface area contributed by atoms with E-state index in [2.05, 4.69) is 20.9 Å². The molecule has 43 heavy (non-hydrogen) atoms. The molecular formula is C30H45N9O4. The van der Waals surface area contributed by atoms with Crippen LogP contribution in [0.3, 0.4) is 0 Å². The maximum atomic E-state index is 13.6. The van der Waals surface area contributed by atoms with Crippen molar-refractivity contribution < 1.29 is 19.2 Å². The van der Waals surface area contributed by atoms with Gasteiger partial charge in [-0.3, -0.25) is 24.2 Å². The van der Waals surface area contributed by atoms with Gasteiger partial charge in [0.2, 0.25) is 23.6 Å². The summed E-state index contributed by atoms with van der Waals surface area (Å²) in [5.41, 5.74) is 30.1. The van der Waals surface area contributed by atoms with Crippen LogP contribution >= 0.6 is 0 Å². The number of carbonyl (C=O) groups excluding carboxylic acids is 4. The summed E-state index contributed by atoms with van der Waals surface area (Å²) in [6, 6.07) is 13.6. The second-order valence-electron chi connectivity index (χ2n) is 10.3. The van der Waals surface area contributed by atoms with Gasteiger partial charge in [0.15, 0.2) is 5.96 Å². The smallest absolute Gasteiger partial charge is 0.243 e. The second kappa shape index (κ2) is 18.8. The van der Waals surface area contributed by atoms with E-state index in [0.29, 0.717) is 32.4 Å². The Morgan fingerprint density at radius 1 is 0.698 bits per heavy atom. The first-order valence-electron chi connectivity index (χ1n) is 14.4. The highest BCUT2D eigenvalue weighted by Crippen LogP contribution is 2.10. The van der Waals surface area contributed by atoms with Gasteiger partial charge in [0.05, 0.1) is 6.42 Å². The molecule has 4 amide bonds. The SMILES string of the molecule is NCCCC[C@H](NC(=O)[C@H](Cc1cccc(CN)c1)NC(=O)Cc1ccccc1)C(=O)N[C@@H](CCCN=C(N)N)C(N)=O. The van der Waals surface area contributed by atoms with Crippen LogP contribution in [0.1, 0.15) is 48.8 Å². The summed E-state index contributed by atoms with van der Waals surface area (Å²) in [4.78, 5) is 55.9. The average molecular weight is 596 g/mol. The lowest BCUT2D eigenvalue weighted by Gasteiger charge is -2.25. The number of amides is 4. The van der Waals surface area contributed by atoms with Gasteiger partial charge in [-0.25, -0.2) is 0 Å². The third-order valence-electron chi connectivity index (χ3n) is 6.71. The fourth-order valence-electron chi connectivity index (χ4n) is 4.45. The molecule has 0 spiro atoms. The summed E-state index contributed by atoms with van der Waals surface area (Å²) in [5, 5.41) is 8.25. The number of primary amides is 1. The predicted octanol–water partition coefficient (Wildman–Crippen LogP) is -0.947. The number of carbonyl (C=O) groups is 4. The van der Waals surface area contributed by atoms with Gasteiger partial charge in [0.1, 0.15) is 18.1 Å². The molecule has 0 fully saturated rings. The number of hydrogen-bond acceptors (Lipinski definition) is 7. The van der Waals surface area contributed by atoms with E-state index in [1.807, 2.05) is 54.6 Å². The molecular weight excluding hydrogens is 550 g/mol. The molecule has 2 aromatic rings. The van der Waals surface area contributed by atoms with Crippen LogP contribution in [0.15, 0.2) is 59.6 Å². The number of nitrogens with zero attached hydrogens (tertiary/aromatic N) is 1. The number of guanidine groups is 1. The summed E-state index contributed by atoms with van der Waals surface area (Å²) in [6.45, 7) is 0.989. The normalized spacial score (nSPS) is 12.8. The molecule has 0 aliphatic heterocycles. The largest absolute Gasteiger partial charge is 0.370 e. The summed E-state index contributed by atoms with van der Waals surface area (Å²) < 4.78 is 0. The first-order chi connectivity index (χ1) is 20.6. The standard InChI is InChI=1S/C30H45N9O4/c31-14-5-4-12-24(28(42)38-23(27(33)41)13-7-15-36-30(34)35)39-29(43)25(17-21-10-6-11-22(16-21)19-32)37-26(40)18-20-8-2-1-3-9-20/h1-3,6,8-11,16,23-25H,4-5,7,12-15,17-19,31-32H2,(H2,33,41)(H,37,40)(H,38,42)(H,39,43)(H4,34,35,36)/t23-,24-,25-/m0/s1. The number of nitrogens with one attached hydrogen (secondary N) is 3. The Morgan fingerprint density at radius 2 is 1.33 bits per heavy atom. The highest BCUT2D eigenvalue weighted by molar-refractivity contribution is 5.94. The highest BCUT2D eigenvalue weighted by atomic mass is 16.2. The molecule has 234 valence electrons. The monoisotopic (exact) mass is 595 g/mol. The van der Waals surface area contributed by atoms with Crippen molar-refractivity contribution in [3.63, 3.8) is 0 Å². The molecule has 2 rings (SSSR count). The number of aliphatic imine (C=N–C) groups is 1. The Kier molecular flexibility index (Phi) is 15.2. The summed E-state index contributed by atoms with van der Waals surface area (Å²) in [5.74, 6) is -2.27. The Labute approximate surface area is 252 Å². The van der Waals surface area contributed by atoms with Crippen molar-refractivity contribution in [3.05, 3.63) is 71.3 Å². The van der Waals surface area contributed by atoms with Gasteiger partial charge in [-0.05, 0) is 55.3 Å². The molecule has 13 heteroatoms. The molecule has 0 radical (unpaired) electrons. The Hall–Kier alpha value is -4.49. The molecule has 0 unspecified atom stereocenters. The van der Waals surface area contributed by atoms with E-state index in [0.717, 1.165) is 16.7 Å². The van der Waals surface area contributed by atoms with Crippen LogP contribution < -0.4 is 44.6 Å². The van der Waals surface area contributed by atoms with E-state index in [1.165, 1.54) is 0 Å². The molecule has 2 aromatic carbocycles. The third kappa shape index (κ3) is 13.4. The second-order valence-corrected chi connectivity index (χ2v) is 10.3. The fourth-order valence-corrected chi connectivity index (χ4v) is 4.45. The van der Waals surface area contributed by atoms with E-state index in [4.69, 9.17) is 28.7 Å². The molecule has 0 saturated carbocycles. The molecule has 0 saturated heterocycles. The quantitative estimate of drug-likeness (QED) is 0.0570. The Bertz CT molecular complexity index is 1220. The fraction of sp³-hybridized carbons (Fsp3) is 0.433. The zero-order valence-electron chi connectivity index (χ0n) is 24.5. The maximum Gasteiger partial charge on any atom is 0.243 e. The molecule has 0 bridgehead atoms. The predicted molar refractivity (Wildman–Crippen MR) is 166 cm³/mol. The summed E-state index contributed by atoms with van der Waals surface area (Å²) in [6.07, 6.45) is 2.29. The van der Waals surface area contributed by atoms with Crippen molar-refractivity contribution in [2.75, 3.05) is 13.1 Å². The van der Waals surface area contributed by atoms with Gasteiger partial charge in [0.25, 0.3) is 0 Å². The lowest BCUT2D eigenvalue weighted by molar-refractivity contribution is -0.133. The van der Waals surface area contributed by atoms with Crippen LogP contribution in [0.5, 0.6) is 0 Å². The minimum Gasteiger partial charge on any atom is -0.370 e. The molecule has 0 aromatic heterocycles. The Balaban J connectivity index is 2.22. The van der Waals surface area contributed by atoms with Crippen LogP contribution in [0.2, 0.25) is 0 Å². The lowest BCUT2D eigenvalue weighted by Crippen LogP contribution is -2.56. The maximum absolute atomic E-state index is 13.6. The van der Waals surface area contributed by atoms with E-state index in [1.54, 1.807) is 0 Å². The summed E-state index contributed by atoms with van der Waals surface area (Å²) in [7, 11) is 0. The van der Waals surface area contributed by atoms with Gasteiger partial charge in [-0.2, -0.15) is 0 Å². The number of unbranched alkanes of at least 4 members (excludes halogenated alkanes) is 1. The van der Waals surface area contributed by atoms with Crippen LogP contribution in [-0.4, -0.2) is 60.8 Å². The van der Waals surface area contributed by atoms with E-state index in [9.17, 15) is 19.2 Å². The number of hydrogen-bond donors (Lipinski definition) is 8. The van der Waals surface area contributed by atoms with Crippen molar-refractivity contribution in [3.8, 4) is 0 Å². The number of nitrogens with two attached hydrogens (primary N) is 5. The van der Waals surface area contributed by atoms with Gasteiger partial charge < -0.3 is 44.6 Å². The lowest BCUT2D eigenvalue weighted by atomic mass is 10.0. The van der Waals surface area contributed by atoms with E-state index < -0.39 is 35.8 Å². The van der Waals surface area contributed by atoms with Crippen LogP contribution in [0, 0.1) is 0 Å². The number of rotatable bonds is 19. The van der Waals surface area contributed by atoms with Crippen molar-refractivity contribution in [2.45, 2.75) is 69.6 Å². The van der Waals surface area contributed by atoms with Crippen LogP contribution in [-0.2, 0) is 38.6 Å². The molecule has 13 N–H and O–H groups in total. The van der Waals surface area contributed by atoms with Gasteiger partial charge in [-0.15, -0.1) is 0 Å². The minimum atomic E-state index is -0.998. The molecule has 0 heterocycles. The molecule has 13 nitrogen and oxygen atoms in total. The van der Waals surface area contributed by atoms with E-state index in [-0.39, 0.29) is 44.1 Å². The highest BCUT2D eigenvalue weighted by Gasteiger charge is 2.29. The summed E-state index contributed by atoms with van der Waals surface area (Å²) >= 11 is 0. The zero-order chi connectivity index (χ0) is 31.6.